The Hall–Kier alpha value is -3.15. The van der Waals surface area contributed by atoms with E-state index in [9.17, 15) is 9.18 Å². The summed E-state index contributed by atoms with van der Waals surface area (Å²) in [4.78, 5) is 16.1. The molecule has 1 aliphatic rings. The number of unbranched alkanes of at least 4 members (excludes halogenated alkanes) is 2. The number of aromatic amines is 1. The van der Waals surface area contributed by atoms with Crippen LogP contribution in [0.2, 0.25) is 0 Å². The van der Waals surface area contributed by atoms with Crippen LogP contribution in [0, 0.1) is 5.82 Å². The van der Waals surface area contributed by atoms with Crippen molar-refractivity contribution in [3.8, 4) is 0 Å². The van der Waals surface area contributed by atoms with Crippen molar-refractivity contribution in [2.45, 2.75) is 45.1 Å². The third-order valence-electron chi connectivity index (χ3n) is 5.87. The number of hydrogen-bond acceptors (Lipinski definition) is 3. The number of para-hydroxylation sites is 1. The minimum Gasteiger partial charge on any atom is -0.361 e. The molecule has 0 aliphatic carbocycles. The second kappa shape index (κ2) is 9.77. The van der Waals surface area contributed by atoms with Crippen LogP contribution in [0.15, 0.2) is 59.8 Å². The first-order valence-electron chi connectivity index (χ1n) is 11.1. The number of aromatic nitrogens is 1. The van der Waals surface area contributed by atoms with Crippen LogP contribution in [0.1, 0.15) is 49.8 Å². The highest BCUT2D eigenvalue weighted by Crippen LogP contribution is 2.32. The summed E-state index contributed by atoms with van der Waals surface area (Å²) < 4.78 is 14.4. The maximum atomic E-state index is 14.4. The summed E-state index contributed by atoms with van der Waals surface area (Å²) in [6.45, 7) is 3.40. The van der Waals surface area contributed by atoms with Gasteiger partial charge in [0.05, 0.1) is 6.04 Å². The monoisotopic (exact) mass is 420 g/mol. The van der Waals surface area contributed by atoms with Crippen molar-refractivity contribution >= 4 is 22.5 Å². The topological polar surface area (TPSA) is 60.5 Å². The van der Waals surface area contributed by atoms with Gasteiger partial charge in [-0.1, -0.05) is 56.2 Å². The van der Waals surface area contributed by atoms with Gasteiger partial charge in [-0.3, -0.25) is 9.80 Å². The van der Waals surface area contributed by atoms with Crippen LogP contribution in [0.5, 0.6) is 0 Å². The van der Waals surface area contributed by atoms with E-state index in [1.165, 1.54) is 17.0 Å². The number of halogens is 1. The molecule has 0 saturated carbocycles. The molecule has 0 bridgehead atoms. The van der Waals surface area contributed by atoms with Gasteiger partial charge in [0.25, 0.3) is 5.91 Å². The second-order valence-electron chi connectivity index (χ2n) is 8.02. The number of rotatable bonds is 9. The van der Waals surface area contributed by atoms with Crippen LogP contribution in [0.3, 0.4) is 0 Å². The highest BCUT2D eigenvalue weighted by Gasteiger charge is 2.32. The van der Waals surface area contributed by atoms with E-state index < -0.39 is 0 Å². The van der Waals surface area contributed by atoms with Crippen molar-refractivity contribution in [2.75, 3.05) is 13.1 Å². The molecule has 31 heavy (non-hydrogen) atoms. The molecule has 1 aromatic heterocycles. The number of fused-ring (bicyclic) bond motifs is 1. The van der Waals surface area contributed by atoms with Crippen LogP contribution in [0.4, 0.5) is 4.39 Å². The molecule has 2 heterocycles. The van der Waals surface area contributed by atoms with Gasteiger partial charge in [-0.2, -0.15) is 5.10 Å². The lowest BCUT2D eigenvalue weighted by atomic mass is 10.0. The van der Waals surface area contributed by atoms with E-state index in [1.807, 2.05) is 35.5 Å². The Balaban J connectivity index is 1.40. The van der Waals surface area contributed by atoms with Crippen LogP contribution < -0.4 is 5.32 Å². The minimum atomic E-state index is -0.246. The quantitative estimate of drug-likeness (QED) is 0.481. The van der Waals surface area contributed by atoms with Gasteiger partial charge in [0, 0.05) is 42.2 Å². The van der Waals surface area contributed by atoms with Crippen LogP contribution in [0.25, 0.3) is 10.9 Å². The lowest BCUT2D eigenvalue weighted by Crippen LogP contribution is -2.32. The molecule has 1 amide bonds. The van der Waals surface area contributed by atoms with E-state index in [0.29, 0.717) is 24.2 Å². The van der Waals surface area contributed by atoms with E-state index >= 15 is 0 Å². The Labute approximate surface area is 182 Å². The van der Waals surface area contributed by atoms with Crippen molar-refractivity contribution in [3.05, 3.63) is 71.7 Å². The van der Waals surface area contributed by atoms with Crippen molar-refractivity contribution < 1.29 is 9.18 Å². The number of H-pyrrole nitrogens is 1. The fourth-order valence-corrected chi connectivity index (χ4v) is 4.19. The van der Waals surface area contributed by atoms with Crippen LogP contribution in [-0.4, -0.2) is 34.7 Å². The molecule has 6 heteroatoms. The number of nitrogens with one attached hydrogen (secondary N) is 2. The number of nitrogens with zero attached hydrogens (tertiary/aromatic N) is 2. The van der Waals surface area contributed by atoms with Crippen molar-refractivity contribution in [2.24, 2.45) is 5.10 Å². The van der Waals surface area contributed by atoms with E-state index in [1.54, 1.807) is 12.1 Å². The summed E-state index contributed by atoms with van der Waals surface area (Å²) in [6, 6.07) is 14.7. The SMILES string of the molecule is CCCCCN1N=C(C(=O)NCCc2c[nH]c3ccccc23)CC1c1ccccc1F. The summed E-state index contributed by atoms with van der Waals surface area (Å²) >= 11 is 0. The molecule has 2 aromatic carbocycles. The van der Waals surface area contributed by atoms with Gasteiger partial charge in [0.2, 0.25) is 0 Å². The van der Waals surface area contributed by atoms with Gasteiger partial charge in [0.15, 0.2) is 0 Å². The normalized spacial score (nSPS) is 16.0. The Morgan fingerprint density at radius 1 is 1.19 bits per heavy atom. The van der Waals surface area contributed by atoms with E-state index in [2.05, 4.69) is 28.4 Å². The molecule has 2 N–H and O–H groups in total. The first-order valence-corrected chi connectivity index (χ1v) is 11.1. The summed E-state index contributed by atoms with van der Waals surface area (Å²) in [5, 5.41) is 10.7. The molecule has 1 atom stereocenters. The number of benzene rings is 2. The largest absolute Gasteiger partial charge is 0.361 e. The summed E-state index contributed by atoms with van der Waals surface area (Å²) in [6.07, 6.45) is 6.31. The first-order chi connectivity index (χ1) is 15.2. The maximum absolute atomic E-state index is 14.4. The molecule has 4 rings (SSSR count). The Morgan fingerprint density at radius 3 is 2.84 bits per heavy atom. The molecular formula is C25H29FN4O. The minimum absolute atomic E-state index is 0.167. The van der Waals surface area contributed by atoms with E-state index in [0.717, 1.165) is 37.7 Å². The third kappa shape index (κ3) is 4.79. The Kier molecular flexibility index (Phi) is 6.65. The molecule has 1 unspecified atom stereocenters. The number of hydrazone groups is 1. The Morgan fingerprint density at radius 2 is 2.00 bits per heavy atom. The average Bonchev–Trinajstić information content (AvgIpc) is 3.39. The zero-order valence-electron chi connectivity index (χ0n) is 17.9. The molecule has 5 nitrogen and oxygen atoms in total. The summed E-state index contributed by atoms with van der Waals surface area (Å²) in [5.41, 5.74) is 3.35. The molecular weight excluding hydrogens is 391 g/mol. The van der Waals surface area contributed by atoms with Crippen LogP contribution >= 0.6 is 0 Å². The summed E-state index contributed by atoms with van der Waals surface area (Å²) in [7, 11) is 0. The zero-order valence-corrected chi connectivity index (χ0v) is 17.9. The molecule has 3 aromatic rings. The van der Waals surface area contributed by atoms with Gasteiger partial charge in [-0.25, -0.2) is 4.39 Å². The molecule has 1 aliphatic heterocycles. The number of carbonyl (C=O) groups is 1. The smallest absolute Gasteiger partial charge is 0.267 e. The lowest BCUT2D eigenvalue weighted by Gasteiger charge is -2.24. The Bertz CT molecular complexity index is 1070. The predicted octanol–water partition coefficient (Wildman–Crippen LogP) is 4.96. The highest BCUT2D eigenvalue weighted by molar-refractivity contribution is 6.39. The van der Waals surface area contributed by atoms with Gasteiger partial charge < -0.3 is 10.3 Å². The lowest BCUT2D eigenvalue weighted by molar-refractivity contribution is -0.114. The van der Waals surface area contributed by atoms with Crippen molar-refractivity contribution in [1.29, 1.82) is 0 Å². The van der Waals surface area contributed by atoms with Gasteiger partial charge >= 0.3 is 0 Å². The zero-order chi connectivity index (χ0) is 21.6. The standard InChI is InChI=1S/C25H29FN4O/c1-2-3-8-15-30-24(20-10-4-6-11-21(20)26)16-23(29-30)25(31)27-14-13-18-17-28-22-12-7-5-9-19(18)22/h4-7,9-12,17,24,28H,2-3,8,13-16H2,1H3,(H,27,31). The molecule has 162 valence electrons. The fraction of sp³-hybridized carbons (Fsp3) is 0.360. The van der Waals surface area contributed by atoms with E-state index in [-0.39, 0.29) is 17.8 Å². The third-order valence-corrected chi connectivity index (χ3v) is 5.87. The number of carbonyl (C=O) groups excluding carboxylic acids is 1. The number of amides is 1. The summed E-state index contributed by atoms with van der Waals surface area (Å²) in [5.74, 6) is -0.414. The predicted molar refractivity (Wildman–Crippen MR) is 122 cm³/mol. The van der Waals surface area contributed by atoms with Crippen molar-refractivity contribution in [1.82, 2.24) is 15.3 Å². The first kappa shape index (κ1) is 21.1. The fourth-order valence-electron chi connectivity index (χ4n) is 4.19. The molecule has 0 spiro atoms. The molecule has 0 radical (unpaired) electrons. The van der Waals surface area contributed by atoms with Crippen molar-refractivity contribution in [3.63, 3.8) is 0 Å². The van der Waals surface area contributed by atoms with Gasteiger partial charge in [-0.15, -0.1) is 0 Å². The maximum Gasteiger partial charge on any atom is 0.267 e. The van der Waals surface area contributed by atoms with Gasteiger partial charge in [0.1, 0.15) is 11.5 Å². The van der Waals surface area contributed by atoms with E-state index in [4.69, 9.17) is 0 Å². The van der Waals surface area contributed by atoms with Crippen LogP contribution in [-0.2, 0) is 11.2 Å². The highest BCUT2D eigenvalue weighted by atomic mass is 19.1. The molecule has 0 saturated heterocycles. The van der Waals surface area contributed by atoms with Gasteiger partial charge in [-0.05, 0) is 30.5 Å². The second-order valence-corrected chi connectivity index (χ2v) is 8.02. The molecule has 0 fully saturated rings. The average molecular weight is 421 g/mol. The number of hydrogen-bond donors (Lipinski definition) is 2.